The number of hydrogen-bond donors (Lipinski definition) is 0. The predicted molar refractivity (Wildman–Crippen MR) is 50.2 cm³/mol. The van der Waals surface area contributed by atoms with E-state index in [1.54, 1.807) is 5.38 Å². The zero-order valence-electron chi connectivity index (χ0n) is 8.21. The SMILES string of the molecule is O=C([O-])Cc1csc(-n2cccc2)n1.[Li+]. The Morgan fingerprint density at radius 2 is 2.13 bits per heavy atom. The largest absolute Gasteiger partial charge is 1.00 e. The molecule has 0 N–H and O–H groups in total. The molecule has 0 aliphatic carbocycles. The molecule has 2 aromatic rings. The van der Waals surface area contributed by atoms with E-state index in [1.165, 1.54) is 11.3 Å². The van der Waals surface area contributed by atoms with Gasteiger partial charge in [-0.05, 0) is 12.1 Å². The minimum atomic E-state index is -1.10. The van der Waals surface area contributed by atoms with Crippen molar-refractivity contribution in [3.63, 3.8) is 0 Å². The number of aliphatic carboxylic acids is 1. The number of rotatable bonds is 3. The van der Waals surface area contributed by atoms with Gasteiger partial charge < -0.3 is 14.5 Å². The summed E-state index contributed by atoms with van der Waals surface area (Å²) in [7, 11) is 0. The van der Waals surface area contributed by atoms with Gasteiger partial charge in [0.05, 0.1) is 5.69 Å². The van der Waals surface area contributed by atoms with Crippen molar-refractivity contribution in [2.45, 2.75) is 6.42 Å². The summed E-state index contributed by atoms with van der Waals surface area (Å²) in [6.07, 6.45) is 3.60. The molecule has 2 aromatic heterocycles. The molecule has 0 aliphatic heterocycles. The van der Waals surface area contributed by atoms with Crippen molar-refractivity contribution in [3.8, 4) is 5.13 Å². The summed E-state index contributed by atoms with van der Waals surface area (Å²) in [6, 6.07) is 3.78. The number of carbonyl (C=O) groups is 1. The quantitative estimate of drug-likeness (QED) is 0.520. The normalized spacial score (nSPS) is 9.60. The fourth-order valence-electron chi connectivity index (χ4n) is 1.11. The van der Waals surface area contributed by atoms with Crippen LogP contribution in [0.1, 0.15) is 5.69 Å². The molecule has 2 heterocycles. The third-order valence-corrected chi connectivity index (χ3v) is 2.59. The van der Waals surface area contributed by atoms with Crippen LogP contribution in [0.25, 0.3) is 5.13 Å². The third-order valence-electron chi connectivity index (χ3n) is 1.69. The van der Waals surface area contributed by atoms with Crippen LogP contribution in [0.2, 0.25) is 0 Å². The van der Waals surface area contributed by atoms with Gasteiger partial charge in [-0.3, -0.25) is 0 Å². The molecule has 0 aromatic carbocycles. The molecule has 0 amide bonds. The van der Waals surface area contributed by atoms with Crippen LogP contribution in [0.3, 0.4) is 0 Å². The van der Waals surface area contributed by atoms with Gasteiger partial charge in [0.1, 0.15) is 0 Å². The number of aromatic nitrogens is 2. The van der Waals surface area contributed by atoms with Gasteiger partial charge in [-0.15, -0.1) is 11.3 Å². The topological polar surface area (TPSA) is 57.9 Å². The summed E-state index contributed by atoms with van der Waals surface area (Å²) >= 11 is 1.41. The van der Waals surface area contributed by atoms with E-state index in [2.05, 4.69) is 4.98 Å². The van der Waals surface area contributed by atoms with Crippen molar-refractivity contribution in [1.29, 1.82) is 0 Å². The van der Waals surface area contributed by atoms with Gasteiger partial charge in [0.15, 0.2) is 5.13 Å². The number of hydrogen-bond acceptors (Lipinski definition) is 4. The maximum atomic E-state index is 10.3. The molecule has 0 unspecified atom stereocenters. The molecular formula is C9H7LiN2O2S. The first-order chi connectivity index (χ1) is 6.75. The molecule has 0 fully saturated rings. The Labute approximate surface area is 103 Å². The number of carboxylic acids is 1. The molecule has 4 nitrogen and oxygen atoms in total. The standard InChI is InChI=1S/C9H8N2O2S.Li/c12-8(13)5-7-6-14-9(10-7)11-3-1-2-4-11;/h1-4,6H,5H2,(H,12,13);/q;+1/p-1. The molecule has 0 atom stereocenters. The van der Waals surface area contributed by atoms with E-state index in [0.717, 1.165) is 5.13 Å². The van der Waals surface area contributed by atoms with Crippen LogP contribution in [0.5, 0.6) is 0 Å². The van der Waals surface area contributed by atoms with Crippen molar-refractivity contribution < 1.29 is 28.8 Å². The van der Waals surface area contributed by atoms with E-state index in [4.69, 9.17) is 0 Å². The molecule has 0 radical (unpaired) electrons. The monoisotopic (exact) mass is 214 g/mol. The molecule has 72 valence electrons. The second-order valence-corrected chi connectivity index (χ2v) is 3.60. The second kappa shape index (κ2) is 5.17. The van der Waals surface area contributed by atoms with Gasteiger partial charge in [-0.2, -0.15) is 0 Å². The summed E-state index contributed by atoms with van der Waals surface area (Å²) in [4.78, 5) is 14.5. The Hall–Kier alpha value is -1.02. The van der Waals surface area contributed by atoms with E-state index in [0.29, 0.717) is 5.69 Å². The van der Waals surface area contributed by atoms with Crippen molar-refractivity contribution in [2.75, 3.05) is 0 Å². The zero-order chi connectivity index (χ0) is 9.97. The van der Waals surface area contributed by atoms with Crippen LogP contribution in [-0.2, 0) is 11.2 Å². The smallest absolute Gasteiger partial charge is 0.550 e. The Kier molecular flexibility index (Phi) is 4.15. The first-order valence-electron chi connectivity index (χ1n) is 4.03. The van der Waals surface area contributed by atoms with E-state index >= 15 is 0 Å². The third kappa shape index (κ3) is 2.96. The molecular weight excluding hydrogens is 207 g/mol. The van der Waals surface area contributed by atoms with E-state index in [1.807, 2.05) is 29.1 Å². The summed E-state index contributed by atoms with van der Waals surface area (Å²) in [6.45, 7) is 0. The zero-order valence-corrected chi connectivity index (χ0v) is 9.03. The Morgan fingerprint density at radius 3 is 2.73 bits per heavy atom. The summed E-state index contributed by atoms with van der Waals surface area (Å²) in [5.41, 5.74) is 0.540. The Bertz CT molecular complexity index is 439. The first-order valence-corrected chi connectivity index (χ1v) is 4.91. The molecule has 0 saturated heterocycles. The van der Waals surface area contributed by atoms with Crippen molar-refractivity contribution in [1.82, 2.24) is 9.55 Å². The Morgan fingerprint density at radius 1 is 1.47 bits per heavy atom. The van der Waals surface area contributed by atoms with Crippen LogP contribution in [0, 0.1) is 0 Å². The maximum absolute atomic E-state index is 10.3. The number of thiazole rings is 1. The number of carboxylic acid groups (broad SMARTS) is 1. The van der Waals surface area contributed by atoms with E-state index in [-0.39, 0.29) is 25.3 Å². The van der Waals surface area contributed by atoms with Crippen molar-refractivity contribution >= 4 is 17.3 Å². The summed E-state index contributed by atoms with van der Waals surface area (Å²) in [5, 5.41) is 12.8. The Balaban J connectivity index is 0.00000112. The average Bonchev–Trinajstić information content (AvgIpc) is 2.69. The fraction of sp³-hybridized carbons (Fsp3) is 0.111. The van der Waals surface area contributed by atoms with Crippen LogP contribution in [-0.4, -0.2) is 15.5 Å². The van der Waals surface area contributed by atoms with E-state index in [9.17, 15) is 9.90 Å². The van der Waals surface area contributed by atoms with Gasteiger partial charge in [-0.1, -0.05) is 0 Å². The van der Waals surface area contributed by atoms with Gasteiger partial charge in [0.2, 0.25) is 0 Å². The number of nitrogens with zero attached hydrogens (tertiary/aromatic N) is 2. The molecule has 2 rings (SSSR count). The van der Waals surface area contributed by atoms with Crippen molar-refractivity contribution in [2.24, 2.45) is 0 Å². The number of carbonyl (C=O) groups excluding carboxylic acids is 1. The van der Waals surface area contributed by atoms with Crippen molar-refractivity contribution in [3.05, 3.63) is 35.6 Å². The van der Waals surface area contributed by atoms with Crippen LogP contribution < -0.4 is 24.0 Å². The average molecular weight is 214 g/mol. The molecule has 6 heteroatoms. The molecule has 0 bridgehead atoms. The molecule has 0 aliphatic rings. The molecule has 0 saturated carbocycles. The summed E-state index contributed by atoms with van der Waals surface area (Å²) in [5.74, 6) is -1.10. The maximum Gasteiger partial charge on any atom is 1.00 e. The minimum Gasteiger partial charge on any atom is -0.550 e. The molecule has 0 spiro atoms. The first kappa shape index (κ1) is 12.0. The van der Waals surface area contributed by atoms with Gasteiger partial charge in [0.25, 0.3) is 0 Å². The van der Waals surface area contributed by atoms with Crippen LogP contribution in [0.15, 0.2) is 29.9 Å². The van der Waals surface area contributed by atoms with Gasteiger partial charge in [-0.25, -0.2) is 4.98 Å². The fourth-order valence-corrected chi connectivity index (χ4v) is 1.90. The summed E-state index contributed by atoms with van der Waals surface area (Å²) < 4.78 is 1.84. The van der Waals surface area contributed by atoms with Gasteiger partial charge >= 0.3 is 18.9 Å². The van der Waals surface area contributed by atoms with Crippen LogP contribution >= 0.6 is 11.3 Å². The minimum absolute atomic E-state index is 0. The van der Waals surface area contributed by atoms with E-state index < -0.39 is 5.97 Å². The predicted octanol–water partition coefficient (Wildman–Crippen LogP) is -2.77. The van der Waals surface area contributed by atoms with Gasteiger partial charge in [0, 0.05) is 30.2 Å². The molecule has 15 heavy (non-hydrogen) atoms. The second-order valence-electron chi connectivity index (χ2n) is 2.76. The van der Waals surface area contributed by atoms with Crippen LogP contribution in [0.4, 0.5) is 0 Å².